The molecule has 0 aliphatic heterocycles. The van der Waals surface area contributed by atoms with Gasteiger partial charge in [0.15, 0.2) is 6.61 Å². The largest absolute Gasteiger partial charge is 0.497 e. The third-order valence-electron chi connectivity index (χ3n) is 4.37. The second-order valence-corrected chi connectivity index (χ2v) is 6.56. The van der Waals surface area contributed by atoms with Gasteiger partial charge in [-0.25, -0.2) is 0 Å². The van der Waals surface area contributed by atoms with Crippen molar-refractivity contribution in [2.45, 2.75) is 20.3 Å². The molecular formula is C22H28N2O4. The number of carbonyl (C=O) groups is 2. The van der Waals surface area contributed by atoms with E-state index in [1.807, 2.05) is 55.5 Å². The van der Waals surface area contributed by atoms with E-state index in [1.54, 1.807) is 12.0 Å². The number of nitrogens with zero attached hydrogens (tertiary/aromatic N) is 1. The van der Waals surface area contributed by atoms with Crippen LogP contribution in [0, 0.1) is 6.92 Å². The van der Waals surface area contributed by atoms with Gasteiger partial charge in [-0.1, -0.05) is 29.8 Å². The zero-order chi connectivity index (χ0) is 20.4. The number of aryl methyl sites for hydroxylation is 1. The standard InChI is InChI=1S/C22H28N2O4/c1-17-4-8-21(9-5-17)28-16-22(26)23-13-15-24(18(2)25)14-12-19-6-10-20(27-3)11-7-19/h4-11H,12-16H2,1-3H3,(H,23,26). The van der Waals surface area contributed by atoms with Crippen LogP contribution in [0.5, 0.6) is 11.5 Å². The van der Waals surface area contributed by atoms with E-state index in [9.17, 15) is 9.59 Å². The van der Waals surface area contributed by atoms with E-state index >= 15 is 0 Å². The van der Waals surface area contributed by atoms with Crippen LogP contribution < -0.4 is 14.8 Å². The first-order valence-electron chi connectivity index (χ1n) is 9.32. The van der Waals surface area contributed by atoms with Crippen LogP contribution in [0.25, 0.3) is 0 Å². The number of nitrogens with one attached hydrogen (secondary N) is 1. The van der Waals surface area contributed by atoms with Gasteiger partial charge in [0.1, 0.15) is 11.5 Å². The monoisotopic (exact) mass is 384 g/mol. The lowest BCUT2D eigenvalue weighted by atomic mass is 10.1. The Morgan fingerprint density at radius 3 is 2.21 bits per heavy atom. The topological polar surface area (TPSA) is 67.9 Å². The molecule has 0 radical (unpaired) electrons. The van der Waals surface area contributed by atoms with Crippen LogP contribution in [-0.2, 0) is 16.0 Å². The molecule has 2 aromatic carbocycles. The molecule has 2 aromatic rings. The van der Waals surface area contributed by atoms with Gasteiger partial charge in [-0.05, 0) is 43.2 Å². The summed E-state index contributed by atoms with van der Waals surface area (Å²) in [5.74, 6) is 1.24. The summed E-state index contributed by atoms with van der Waals surface area (Å²) in [7, 11) is 1.63. The Bertz CT molecular complexity index is 757. The van der Waals surface area contributed by atoms with Gasteiger partial charge in [0, 0.05) is 26.6 Å². The highest BCUT2D eigenvalue weighted by Crippen LogP contribution is 2.12. The predicted octanol–water partition coefficient (Wildman–Crippen LogP) is 2.59. The molecule has 6 heteroatoms. The Morgan fingerprint density at radius 2 is 1.61 bits per heavy atom. The normalized spacial score (nSPS) is 10.2. The molecule has 150 valence electrons. The molecule has 0 unspecified atom stereocenters. The van der Waals surface area contributed by atoms with E-state index < -0.39 is 0 Å². The van der Waals surface area contributed by atoms with Crippen molar-refractivity contribution in [1.29, 1.82) is 0 Å². The Morgan fingerprint density at radius 1 is 0.964 bits per heavy atom. The zero-order valence-electron chi connectivity index (χ0n) is 16.7. The second kappa shape index (κ2) is 11.0. The minimum absolute atomic E-state index is 0.0151. The van der Waals surface area contributed by atoms with Gasteiger partial charge in [-0.2, -0.15) is 0 Å². The predicted molar refractivity (Wildman–Crippen MR) is 109 cm³/mol. The maximum Gasteiger partial charge on any atom is 0.258 e. The SMILES string of the molecule is COc1ccc(CCN(CCNC(=O)COc2ccc(C)cc2)C(C)=O)cc1. The lowest BCUT2D eigenvalue weighted by Crippen LogP contribution is -2.39. The van der Waals surface area contributed by atoms with E-state index in [0.717, 1.165) is 23.3 Å². The molecule has 0 aliphatic rings. The Balaban J connectivity index is 1.70. The van der Waals surface area contributed by atoms with Crippen molar-refractivity contribution in [3.63, 3.8) is 0 Å². The van der Waals surface area contributed by atoms with Crippen LogP contribution >= 0.6 is 0 Å². The third kappa shape index (κ3) is 7.31. The number of methoxy groups -OCH3 is 1. The number of benzene rings is 2. The number of amides is 2. The molecule has 1 N–H and O–H groups in total. The van der Waals surface area contributed by atoms with Gasteiger partial charge in [-0.3, -0.25) is 9.59 Å². The lowest BCUT2D eigenvalue weighted by Gasteiger charge is -2.21. The fraction of sp³-hybridized carbons (Fsp3) is 0.364. The molecule has 0 saturated heterocycles. The van der Waals surface area contributed by atoms with Crippen molar-refractivity contribution < 1.29 is 19.1 Å². The molecule has 2 rings (SSSR count). The summed E-state index contributed by atoms with van der Waals surface area (Å²) in [6, 6.07) is 15.3. The van der Waals surface area contributed by atoms with Crippen LogP contribution in [-0.4, -0.2) is 50.1 Å². The Kier molecular flexibility index (Phi) is 8.34. The number of rotatable bonds is 10. The van der Waals surface area contributed by atoms with Crippen LogP contribution in [0.2, 0.25) is 0 Å². The van der Waals surface area contributed by atoms with E-state index in [4.69, 9.17) is 9.47 Å². The van der Waals surface area contributed by atoms with Crippen molar-refractivity contribution in [3.8, 4) is 11.5 Å². The van der Waals surface area contributed by atoms with E-state index in [-0.39, 0.29) is 18.4 Å². The highest BCUT2D eigenvalue weighted by atomic mass is 16.5. The minimum Gasteiger partial charge on any atom is -0.497 e. The number of ether oxygens (including phenoxy) is 2. The summed E-state index contributed by atoms with van der Waals surface area (Å²) < 4.78 is 10.6. The molecule has 0 aromatic heterocycles. The van der Waals surface area contributed by atoms with Gasteiger partial charge >= 0.3 is 0 Å². The molecule has 0 fully saturated rings. The average Bonchev–Trinajstić information content (AvgIpc) is 2.70. The van der Waals surface area contributed by atoms with Crippen LogP contribution in [0.1, 0.15) is 18.1 Å². The summed E-state index contributed by atoms with van der Waals surface area (Å²) in [5, 5.41) is 2.79. The molecule has 28 heavy (non-hydrogen) atoms. The van der Waals surface area contributed by atoms with Gasteiger partial charge in [-0.15, -0.1) is 0 Å². The summed E-state index contributed by atoms with van der Waals surface area (Å²) in [6.45, 7) is 4.93. The summed E-state index contributed by atoms with van der Waals surface area (Å²) in [4.78, 5) is 25.5. The summed E-state index contributed by atoms with van der Waals surface area (Å²) in [5.41, 5.74) is 2.26. The van der Waals surface area contributed by atoms with Crippen LogP contribution in [0.3, 0.4) is 0 Å². The first-order valence-corrected chi connectivity index (χ1v) is 9.32. The van der Waals surface area contributed by atoms with E-state index in [0.29, 0.717) is 25.4 Å². The number of carbonyl (C=O) groups excluding carboxylic acids is 2. The molecule has 0 bridgehead atoms. The lowest BCUT2D eigenvalue weighted by molar-refractivity contribution is -0.129. The van der Waals surface area contributed by atoms with Crippen molar-refractivity contribution in [2.75, 3.05) is 33.4 Å². The van der Waals surface area contributed by atoms with Gasteiger partial charge in [0.2, 0.25) is 5.91 Å². The van der Waals surface area contributed by atoms with Crippen molar-refractivity contribution >= 4 is 11.8 Å². The maximum absolute atomic E-state index is 11.9. The first-order chi connectivity index (χ1) is 13.5. The molecule has 6 nitrogen and oxygen atoms in total. The zero-order valence-corrected chi connectivity index (χ0v) is 16.7. The highest BCUT2D eigenvalue weighted by molar-refractivity contribution is 5.77. The smallest absolute Gasteiger partial charge is 0.258 e. The molecule has 0 saturated carbocycles. The van der Waals surface area contributed by atoms with Gasteiger partial charge < -0.3 is 19.7 Å². The van der Waals surface area contributed by atoms with Crippen molar-refractivity contribution in [3.05, 3.63) is 59.7 Å². The average molecular weight is 384 g/mol. The second-order valence-electron chi connectivity index (χ2n) is 6.56. The molecule has 0 atom stereocenters. The maximum atomic E-state index is 11.9. The first kappa shape index (κ1) is 21.3. The third-order valence-corrected chi connectivity index (χ3v) is 4.37. The minimum atomic E-state index is -0.209. The van der Waals surface area contributed by atoms with E-state index in [1.165, 1.54) is 6.92 Å². The van der Waals surface area contributed by atoms with Gasteiger partial charge in [0.25, 0.3) is 5.91 Å². The number of hydrogen-bond donors (Lipinski definition) is 1. The molecular weight excluding hydrogens is 356 g/mol. The Labute approximate surface area is 166 Å². The molecule has 0 heterocycles. The Hall–Kier alpha value is -3.02. The van der Waals surface area contributed by atoms with Crippen molar-refractivity contribution in [2.24, 2.45) is 0 Å². The fourth-order valence-corrected chi connectivity index (χ4v) is 2.65. The fourth-order valence-electron chi connectivity index (χ4n) is 2.65. The van der Waals surface area contributed by atoms with E-state index in [2.05, 4.69) is 5.32 Å². The molecule has 0 spiro atoms. The quantitative estimate of drug-likeness (QED) is 0.684. The molecule has 2 amide bonds. The van der Waals surface area contributed by atoms with Crippen LogP contribution in [0.15, 0.2) is 48.5 Å². The highest BCUT2D eigenvalue weighted by Gasteiger charge is 2.10. The number of hydrogen-bond acceptors (Lipinski definition) is 4. The summed E-state index contributed by atoms with van der Waals surface area (Å²) in [6.07, 6.45) is 0.744. The van der Waals surface area contributed by atoms with Crippen LogP contribution in [0.4, 0.5) is 0 Å². The summed E-state index contributed by atoms with van der Waals surface area (Å²) >= 11 is 0. The van der Waals surface area contributed by atoms with Crippen molar-refractivity contribution in [1.82, 2.24) is 10.2 Å². The molecule has 0 aliphatic carbocycles. The van der Waals surface area contributed by atoms with Gasteiger partial charge in [0.05, 0.1) is 7.11 Å².